The second-order valence-electron chi connectivity index (χ2n) is 4.19. The van der Waals surface area contributed by atoms with Crippen LogP contribution in [0, 0.1) is 6.92 Å². The van der Waals surface area contributed by atoms with E-state index < -0.39 is 0 Å². The van der Waals surface area contributed by atoms with E-state index in [9.17, 15) is 0 Å². The lowest BCUT2D eigenvalue weighted by Crippen LogP contribution is -2.20. The molecule has 0 amide bonds. The van der Waals surface area contributed by atoms with Crippen molar-refractivity contribution in [2.45, 2.75) is 39.8 Å². The highest BCUT2D eigenvalue weighted by atomic mass is 16.5. The van der Waals surface area contributed by atoms with Crippen molar-refractivity contribution in [3.8, 4) is 5.75 Å². The van der Waals surface area contributed by atoms with E-state index in [1.165, 1.54) is 0 Å². The average molecular weight is 238 g/mol. The van der Waals surface area contributed by atoms with Gasteiger partial charge < -0.3 is 15.2 Å². The molecule has 0 aliphatic heterocycles. The van der Waals surface area contributed by atoms with Crippen molar-refractivity contribution in [2.75, 3.05) is 13.2 Å². The number of nitrogens with zero attached hydrogens (tertiary/aromatic N) is 1. The largest absolute Gasteiger partial charge is 0.486 e. The zero-order valence-corrected chi connectivity index (χ0v) is 10.9. The van der Waals surface area contributed by atoms with Crippen LogP contribution in [0.1, 0.15) is 31.7 Å². The SMILES string of the molecule is CCCNCc1nc(C)ccc1OC(C)CO. The van der Waals surface area contributed by atoms with Gasteiger partial charge in [0.15, 0.2) is 0 Å². The van der Waals surface area contributed by atoms with Crippen molar-refractivity contribution in [3.05, 3.63) is 23.5 Å². The second-order valence-corrected chi connectivity index (χ2v) is 4.19. The van der Waals surface area contributed by atoms with Crippen molar-refractivity contribution < 1.29 is 9.84 Å². The number of pyridine rings is 1. The molecule has 1 atom stereocenters. The molecule has 0 saturated heterocycles. The molecule has 2 N–H and O–H groups in total. The quantitative estimate of drug-likeness (QED) is 0.709. The van der Waals surface area contributed by atoms with Crippen LogP contribution in [0.3, 0.4) is 0 Å². The van der Waals surface area contributed by atoms with Gasteiger partial charge in [-0.15, -0.1) is 0 Å². The summed E-state index contributed by atoms with van der Waals surface area (Å²) in [6, 6.07) is 3.83. The van der Waals surface area contributed by atoms with Gasteiger partial charge >= 0.3 is 0 Å². The topological polar surface area (TPSA) is 54.4 Å². The summed E-state index contributed by atoms with van der Waals surface area (Å²) in [6.45, 7) is 7.59. The fraction of sp³-hybridized carbons (Fsp3) is 0.615. The summed E-state index contributed by atoms with van der Waals surface area (Å²) in [7, 11) is 0. The highest BCUT2D eigenvalue weighted by Gasteiger charge is 2.09. The summed E-state index contributed by atoms with van der Waals surface area (Å²) in [5.41, 5.74) is 1.88. The maximum atomic E-state index is 8.99. The van der Waals surface area contributed by atoms with E-state index in [1.807, 2.05) is 26.0 Å². The number of rotatable bonds is 7. The third-order valence-corrected chi connectivity index (χ3v) is 2.38. The second kappa shape index (κ2) is 7.25. The number of hydrogen-bond donors (Lipinski definition) is 2. The number of nitrogens with one attached hydrogen (secondary N) is 1. The monoisotopic (exact) mass is 238 g/mol. The van der Waals surface area contributed by atoms with Gasteiger partial charge in [0.05, 0.1) is 12.3 Å². The lowest BCUT2D eigenvalue weighted by atomic mass is 10.2. The van der Waals surface area contributed by atoms with Crippen LogP contribution in [-0.4, -0.2) is 29.3 Å². The van der Waals surface area contributed by atoms with Crippen molar-refractivity contribution in [1.29, 1.82) is 0 Å². The van der Waals surface area contributed by atoms with Crippen LogP contribution in [0.15, 0.2) is 12.1 Å². The predicted molar refractivity (Wildman–Crippen MR) is 68.1 cm³/mol. The zero-order chi connectivity index (χ0) is 12.7. The Morgan fingerprint density at radius 1 is 1.47 bits per heavy atom. The van der Waals surface area contributed by atoms with Crippen LogP contribution < -0.4 is 10.1 Å². The van der Waals surface area contributed by atoms with E-state index in [0.29, 0.717) is 6.54 Å². The molecular formula is C13H22N2O2. The van der Waals surface area contributed by atoms with Crippen LogP contribution in [0.4, 0.5) is 0 Å². The zero-order valence-electron chi connectivity index (χ0n) is 10.9. The molecule has 0 aromatic carbocycles. The number of aliphatic hydroxyl groups is 1. The Morgan fingerprint density at radius 2 is 2.24 bits per heavy atom. The molecule has 1 aromatic rings. The van der Waals surface area contributed by atoms with Crippen LogP contribution in [0.25, 0.3) is 0 Å². The fourth-order valence-corrected chi connectivity index (χ4v) is 1.47. The van der Waals surface area contributed by atoms with Gasteiger partial charge in [-0.2, -0.15) is 0 Å². The van der Waals surface area contributed by atoms with E-state index >= 15 is 0 Å². The average Bonchev–Trinajstić information content (AvgIpc) is 2.32. The van der Waals surface area contributed by atoms with Crippen LogP contribution in [-0.2, 0) is 6.54 Å². The minimum Gasteiger partial charge on any atom is -0.486 e. The van der Waals surface area contributed by atoms with Gasteiger partial charge in [0.25, 0.3) is 0 Å². The molecule has 1 aromatic heterocycles. The maximum absolute atomic E-state index is 8.99. The third-order valence-electron chi connectivity index (χ3n) is 2.38. The van der Waals surface area contributed by atoms with Gasteiger partial charge in [-0.1, -0.05) is 6.92 Å². The molecule has 0 aliphatic rings. The van der Waals surface area contributed by atoms with Crippen LogP contribution >= 0.6 is 0 Å². The first-order valence-corrected chi connectivity index (χ1v) is 6.12. The number of aliphatic hydroxyl groups excluding tert-OH is 1. The first-order valence-electron chi connectivity index (χ1n) is 6.12. The molecule has 0 fully saturated rings. The smallest absolute Gasteiger partial charge is 0.142 e. The number of hydrogen-bond acceptors (Lipinski definition) is 4. The molecule has 0 bridgehead atoms. The Labute approximate surface area is 103 Å². The number of aryl methyl sites for hydroxylation is 1. The normalized spacial score (nSPS) is 12.5. The first-order chi connectivity index (χ1) is 8.17. The molecular weight excluding hydrogens is 216 g/mol. The van der Waals surface area contributed by atoms with Crippen molar-refractivity contribution in [3.63, 3.8) is 0 Å². The Morgan fingerprint density at radius 3 is 2.88 bits per heavy atom. The summed E-state index contributed by atoms with van der Waals surface area (Å²) in [4.78, 5) is 4.46. The van der Waals surface area contributed by atoms with Crippen LogP contribution in [0.5, 0.6) is 5.75 Å². The summed E-state index contributed by atoms with van der Waals surface area (Å²) < 4.78 is 5.63. The summed E-state index contributed by atoms with van der Waals surface area (Å²) in [5.74, 6) is 0.751. The third kappa shape index (κ3) is 4.71. The van der Waals surface area contributed by atoms with E-state index in [-0.39, 0.29) is 12.7 Å². The molecule has 1 unspecified atom stereocenters. The molecule has 1 rings (SSSR count). The first kappa shape index (κ1) is 13.9. The highest BCUT2D eigenvalue weighted by molar-refractivity contribution is 5.29. The Hall–Kier alpha value is -1.13. The predicted octanol–water partition coefficient (Wildman–Crippen LogP) is 1.65. The minimum absolute atomic E-state index is 0.00963. The van der Waals surface area contributed by atoms with Gasteiger partial charge in [-0.05, 0) is 38.9 Å². The van der Waals surface area contributed by atoms with E-state index in [4.69, 9.17) is 9.84 Å². The Balaban J connectivity index is 2.72. The van der Waals surface area contributed by atoms with Gasteiger partial charge in [0.2, 0.25) is 0 Å². The minimum atomic E-state index is -0.204. The molecule has 17 heavy (non-hydrogen) atoms. The lowest BCUT2D eigenvalue weighted by Gasteiger charge is -2.15. The molecule has 4 heteroatoms. The number of ether oxygens (including phenoxy) is 1. The van der Waals surface area contributed by atoms with Gasteiger partial charge in [-0.25, -0.2) is 0 Å². The van der Waals surface area contributed by atoms with Gasteiger partial charge in [0.1, 0.15) is 11.9 Å². The summed E-state index contributed by atoms with van der Waals surface area (Å²) in [5, 5.41) is 12.3. The molecule has 4 nitrogen and oxygen atoms in total. The molecule has 0 aliphatic carbocycles. The van der Waals surface area contributed by atoms with Crippen molar-refractivity contribution >= 4 is 0 Å². The van der Waals surface area contributed by atoms with E-state index in [0.717, 1.165) is 30.1 Å². The summed E-state index contributed by atoms with van der Waals surface area (Å²) in [6.07, 6.45) is 0.888. The Kier molecular flexibility index (Phi) is 5.94. The molecule has 96 valence electrons. The van der Waals surface area contributed by atoms with E-state index in [2.05, 4.69) is 17.2 Å². The lowest BCUT2D eigenvalue weighted by molar-refractivity contribution is 0.128. The molecule has 0 saturated carbocycles. The molecule has 1 heterocycles. The Bertz CT molecular complexity index is 342. The van der Waals surface area contributed by atoms with Crippen molar-refractivity contribution in [1.82, 2.24) is 10.3 Å². The maximum Gasteiger partial charge on any atom is 0.142 e. The van der Waals surface area contributed by atoms with Crippen LogP contribution in [0.2, 0.25) is 0 Å². The summed E-state index contributed by atoms with van der Waals surface area (Å²) >= 11 is 0. The van der Waals surface area contributed by atoms with Crippen molar-refractivity contribution in [2.24, 2.45) is 0 Å². The van der Waals surface area contributed by atoms with E-state index in [1.54, 1.807) is 0 Å². The number of aromatic nitrogens is 1. The van der Waals surface area contributed by atoms with Gasteiger partial charge in [-0.3, -0.25) is 4.98 Å². The van der Waals surface area contributed by atoms with Gasteiger partial charge in [0, 0.05) is 12.2 Å². The fourth-order valence-electron chi connectivity index (χ4n) is 1.47. The highest BCUT2D eigenvalue weighted by Crippen LogP contribution is 2.18. The molecule has 0 spiro atoms. The standard InChI is InChI=1S/C13H22N2O2/c1-4-7-14-8-12-13(17-11(3)9-16)6-5-10(2)15-12/h5-6,11,14,16H,4,7-9H2,1-3H3. The molecule has 0 radical (unpaired) electrons.